The van der Waals surface area contributed by atoms with Crippen molar-refractivity contribution in [3.63, 3.8) is 0 Å². The lowest BCUT2D eigenvalue weighted by Crippen LogP contribution is -2.44. The summed E-state index contributed by atoms with van der Waals surface area (Å²) in [5, 5.41) is 11.4. The van der Waals surface area contributed by atoms with Crippen LogP contribution in [0, 0.1) is 0 Å². The molecule has 0 bridgehead atoms. The van der Waals surface area contributed by atoms with E-state index in [0.717, 1.165) is 24.2 Å². The van der Waals surface area contributed by atoms with Crippen molar-refractivity contribution in [3.8, 4) is 11.3 Å². The molecular weight excluding hydrogens is 423 g/mol. The van der Waals surface area contributed by atoms with Gasteiger partial charge in [-0.1, -0.05) is 53.5 Å². The third-order valence-electron chi connectivity index (χ3n) is 5.22. The monoisotopic (exact) mass is 444 g/mol. The molecule has 156 valence electrons. The Bertz CT molecular complexity index is 1000. The van der Waals surface area contributed by atoms with Crippen LogP contribution in [0.1, 0.15) is 22.0 Å². The molecule has 1 amide bonds. The minimum absolute atomic E-state index is 0.0440. The average Bonchev–Trinajstić information content (AvgIpc) is 3.26. The Kier molecular flexibility index (Phi) is 6.69. The molecule has 8 heteroatoms. The van der Waals surface area contributed by atoms with E-state index in [4.69, 9.17) is 27.9 Å². The Morgan fingerprint density at radius 3 is 2.60 bits per heavy atom. The number of nitrogens with one attached hydrogen (secondary N) is 2. The van der Waals surface area contributed by atoms with Crippen molar-refractivity contribution in [2.45, 2.75) is 6.04 Å². The standard InChI is InChI=1S/C22H22Cl2N4O2/c23-16-7-5-15(6-8-16)21-18(13-26-27-21)22(29)25-14-20(28-9-11-30-12-10-28)17-3-1-2-4-19(17)24/h1-8,13,20H,9-12,14H2,(H,25,29)(H,26,27). The predicted molar refractivity (Wildman–Crippen MR) is 118 cm³/mol. The highest BCUT2D eigenvalue weighted by molar-refractivity contribution is 6.31. The molecule has 1 unspecified atom stereocenters. The number of hydrogen-bond acceptors (Lipinski definition) is 4. The smallest absolute Gasteiger partial charge is 0.255 e. The van der Waals surface area contributed by atoms with Gasteiger partial charge in [0.05, 0.1) is 36.7 Å². The number of aromatic amines is 1. The molecule has 0 radical (unpaired) electrons. The largest absolute Gasteiger partial charge is 0.379 e. The molecule has 4 rings (SSSR count). The fourth-order valence-corrected chi connectivity index (χ4v) is 4.04. The zero-order chi connectivity index (χ0) is 20.9. The normalized spacial score (nSPS) is 15.7. The molecule has 30 heavy (non-hydrogen) atoms. The summed E-state index contributed by atoms with van der Waals surface area (Å²) in [5.74, 6) is -0.195. The fourth-order valence-electron chi connectivity index (χ4n) is 3.65. The van der Waals surface area contributed by atoms with Crippen molar-refractivity contribution >= 4 is 29.1 Å². The minimum atomic E-state index is -0.195. The lowest BCUT2D eigenvalue weighted by Gasteiger charge is -2.35. The Labute approximate surface area is 185 Å². The van der Waals surface area contributed by atoms with Crippen LogP contribution in [0.4, 0.5) is 0 Å². The summed E-state index contributed by atoms with van der Waals surface area (Å²) in [7, 11) is 0. The van der Waals surface area contributed by atoms with Gasteiger partial charge >= 0.3 is 0 Å². The molecule has 1 aliphatic rings. The first kappa shape index (κ1) is 20.9. The fraction of sp³-hybridized carbons (Fsp3) is 0.273. The van der Waals surface area contributed by atoms with E-state index in [0.29, 0.717) is 41.1 Å². The van der Waals surface area contributed by atoms with Gasteiger partial charge in [-0.15, -0.1) is 0 Å². The number of hydrogen-bond donors (Lipinski definition) is 2. The number of halogens is 2. The Morgan fingerprint density at radius 2 is 1.87 bits per heavy atom. The van der Waals surface area contributed by atoms with E-state index in [1.54, 1.807) is 18.3 Å². The molecule has 2 N–H and O–H groups in total. The van der Waals surface area contributed by atoms with E-state index in [1.807, 2.05) is 36.4 Å². The zero-order valence-corrected chi connectivity index (χ0v) is 17.8. The quantitative estimate of drug-likeness (QED) is 0.597. The molecule has 0 saturated carbocycles. The molecule has 1 fully saturated rings. The van der Waals surface area contributed by atoms with Crippen LogP contribution in [0.3, 0.4) is 0 Å². The summed E-state index contributed by atoms with van der Waals surface area (Å²) in [4.78, 5) is 15.3. The van der Waals surface area contributed by atoms with Gasteiger partial charge in [-0.2, -0.15) is 5.10 Å². The second kappa shape index (κ2) is 9.62. The van der Waals surface area contributed by atoms with E-state index in [1.165, 1.54) is 0 Å². The third kappa shape index (κ3) is 4.68. The number of benzene rings is 2. The van der Waals surface area contributed by atoms with Crippen molar-refractivity contribution in [1.82, 2.24) is 20.4 Å². The topological polar surface area (TPSA) is 70.2 Å². The number of amides is 1. The molecule has 1 aliphatic heterocycles. The van der Waals surface area contributed by atoms with Crippen molar-refractivity contribution in [1.29, 1.82) is 0 Å². The molecule has 3 aromatic rings. The van der Waals surface area contributed by atoms with Gasteiger partial charge in [0.15, 0.2) is 0 Å². The van der Waals surface area contributed by atoms with Crippen LogP contribution < -0.4 is 5.32 Å². The Morgan fingerprint density at radius 1 is 1.13 bits per heavy atom. The summed E-state index contributed by atoms with van der Waals surface area (Å²) in [6.45, 7) is 3.32. The number of aromatic nitrogens is 2. The Hall–Kier alpha value is -2.38. The predicted octanol–water partition coefficient (Wildman–Crippen LogP) is 4.19. The van der Waals surface area contributed by atoms with E-state index in [-0.39, 0.29) is 11.9 Å². The molecule has 1 aromatic heterocycles. The number of ether oxygens (including phenoxy) is 1. The number of nitrogens with zero attached hydrogens (tertiary/aromatic N) is 2. The van der Waals surface area contributed by atoms with E-state index in [2.05, 4.69) is 20.4 Å². The summed E-state index contributed by atoms with van der Waals surface area (Å²) in [6, 6.07) is 15.0. The number of H-pyrrole nitrogens is 1. The van der Waals surface area contributed by atoms with Gasteiger partial charge in [-0.05, 0) is 23.8 Å². The van der Waals surface area contributed by atoms with Crippen LogP contribution in [0.2, 0.25) is 10.0 Å². The van der Waals surface area contributed by atoms with Gasteiger partial charge in [-0.3, -0.25) is 14.8 Å². The van der Waals surface area contributed by atoms with Gasteiger partial charge in [0.25, 0.3) is 5.91 Å². The van der Waals surface area contributed by atoms with Crippen LogP contribution in [0.5, 0.6) is 0 Å². The second-order valence-corrected chi connectivity index (χ2v) is 7.90. The van der Waals surface area contributed by atoms with Gasteiger partial charge in [0.2, 0.25) is 0 Å². The van der Waals surface area contributed by atoms with E-state index >= 15 is 0 Å². The number of carbonyl (C=O) groups excluding carboxylic acids is 1. The summed E-state index contributed by atoms with van der Waals surface area (Å²) in [6.07, 6.45) is 1.54. The highest BCUT2D eigenvalue weighted by Crippen LogP contribution is 2.28. The summed E-state index contributed by atoms with van der Waals surface area (Å²) in [5.41, 5.74) is 2.98. The molecule has 2 aromatic carbocycles. The first-order valence-corrected chi connectivity index (χ1v) is 10.5. The second-order valence-electron chi connectivity index (χ2n) is 7.06. The maximum atomic E-state index is 13.0. The van der Waals surface area contributed by atoms with Crippen molar-refractivity contribution < 1.29 is 9.53 Å². The Balaban J connectivity index is 1.53. The maximum Gasteiger partial charge on any atom is 0.255 e. The third-order valence-corrected chi connectivity index (χ3v) is 5.82. The molecule has 0 aliphatic carbocycles. The number of morpholine rings is 1. The molecule has 6 nitrogen and oxygen atoms in total. The molecule has 1 saturated heterocycles. The summed E-state index contributed by atoms with van der Waals surface area (Å²) >= 11 is 12.5. The first-order chi connectivity index (χ1) is 14.6. The SMILES string of the molecule is O=C(NCC(c1ccccc1Cl)N1CCOCC1)c1cn[nH]c1-c1ccc(Cl)cc1. The average molecular weight is 445 g/mol. The van der Waals surface area contributed by atoms with Gasteiger partial charge < -0.3 is 10.1 Å². The number of carbonyl (C=O) groups is 1. The van der Waals surface area contributed by atoms with Crippen LogP contribution >= 0.6 is 23.2 Å². The maximum absolute atomic E-state index is 13.0. The van der Waals surface area contributed by atoms with Gasteiger partial charge in [0, 0.05) is 35.2 Å². The van der Waals surface area contributed by atoms with Crippen molar-refractivity contribution in [2.75, 3.05) is 32.8 Å². The van der Waals surface area contributed by atoms with Crippen molar-refractivity contribution in [2.24, 2.45) is 0 Å². The summed E-state index contributed by atoms with van der Waals surface area (Å²) < 4.78 is 5.49. The van der Waals surface area contributed by atoms with Crippen LogP contribution in [0.25, 0.3) is 11.3 Å². The molecule has 1 atom stereocenters. The zero-order valence-electron chi connectivity index (χ0n) is 16.3. The van der Waals surface area contributed by atoms with Gasteiger partial charge in [0.1, 0.15) is 0 Å². The van der Waals surface area contributed by atoms with Crippen LogP contribution in [-0.2, 0) is 4.74 Å². The van der Waals surface area contributed by atoms with E-state index < -0.39 is 0 Å². The van der Waals surface area contributed by atoms with Gasteiger partial charge in [-0.25, -0.2) is 0 Å². The molecule has 2 heterocycles. The lowest BCUT2D eigenvalue weighted by molar-refractivity contribution is 0.0162. The highest BCUT2D eigenvalue weighted by atomic mass is 35.5. The highest BCUT2D eigenvalue weighted by Gasteiger charge is 2.25. The molecular formula is C22H22Cl2N4O2. The van der Waals surface area contributed by atoms with Crippen molar-refractivity contribution in [3.05, 3.63) is 75.9 Å². The first-order valence-electron chi connectivity index (χ1n) is 9.77. The lowest BCUT2D eigenvalue weighted by atomic mass is 10.0. The van der Waals surface area contributed by atoms with Crippen LogP contribution in [0.15, 0.2) is 54.7 Å². The number of rotatable bonds is 6. The van der Waals surface area contributed by atoms with Crippen LogP contribution in [-0.4, -0.2) is 53.9 Å². The van der Waals surface area contributed by atoms with E-state index in [9.17, 15) is 4.79 Å². The minimum Gasteiger partial charge on any atom is -0.379 e. The molecule has 0 spiro atoms.